The van der Waals surface area contributed by atoms with Crippen LogP contribution in [-0.4, -0.2) is 77.0 Å². The number of halogens is 1. The van der Waals surface area contributed by atoms with Gasteiger partial charge in [0.25, 0.3) is 0 Å². The molecule has 10 heteroatoms. The van der Waals surface area contributed by atoms with Gasteiger partial charge >= 0.3 is 0 Å². The quantitative estimate of drug-likeness (QED) is 0.517. The predicted molar refractivity (Wildman–Crippen MR) is 124 cm³/mol. The molecule has 3 aliphatic heterocycles. The maximum Gasteiger partial charge on any atom is 0.212 e. The molecule has 0 bridgehead atoms. The monoisotopic (exact) mass is 482 g/mol. The van der Waals surface area contributed by atoms with Crippen LogP contribution < -0.4 is 9.64 Å². The standard InChI is InChI=1S/C24H23ClN4O5/c25-16-7-17-21(28-20(16)12-1-3-13(4-2-12)29-6-5-14(30)9-29)15(8-26)24(27-17)34-19-11-33-22-18(31)10-32-23(19)22/h1-4,7,14,18-19,22-23,27,30-31H,5-6,9-11H2/t14-,18-,19-,22-,23-/m1/s1. The van der Waals surface area contributed by atoms with Gasteiger partial charge in [-0.15, -0.1) is 0 Å². The Hall–Kier alpha value is -2.87. The van der Waals surface area contributed by atoms with Gasteiger partial charge in [0.2, 0.25) is 5.88 Å². The second-order valence-electron chi connectivity index (χ2n) is 8.91. The first-order chi connectivity index (χ1) is 16.5. The van der Waals surface area contributed by atoms with Crippen LogP contribution in [0.15, 0.2) is 30.3 Å². The Morgan fingerprint density at radius 1 is 1.18 bits per heavy atom. The molecule has 34 heavy (non-hydrogen) atoms. The Labute approximate surface area is 200 Å². The van der Waals surface area contributed by atoms with Crippen LogP contribution in [0.5, 0.6) is 5.88 Å². The summed E-state index contributed by atoms with van der Waals surface area (Å²) < 4.78 is 17.3. The number of β-amino-alcohol motifs (C(OH)–C–C–N with tert-alkyl or cyclic N) is 1. The number of benzene rings is 1. The van der Waals surface area contributed by atoms with Crippen molar-refractivity contribution in [1.29, 1.82) is 5.26 Å². The number of aromatic nitrogens is 2. The van der Waals surface area contributed by atoms with Crippen LogP contribution in [0.25, 0.3) is 22.3 Å². The summed E-state index contributed by atoms with van der Waals surface area (Å²) in [5, 5.41) is 30.1. The molecule has 0 radical (unpaired) electrons. The second kappa shape index (κ2) is 8.41. The summed E-state index contributed by atoms with van der Waals surface area (Å²) in [6.45, 7) is 1.90. The first-order valence-corrected chi connectivity index (χ1v) is 11.6. The topological polar surface area (TPSA) is 124 Å². The molecule has 5 atom stereocenters. The second-order valence-corrected chi connectivity index (χ2v) is 9.32. The molecule has 0 unspecified atom stereocenters. The normalized spacial score (nSPS) is 28.4. The van der Waals surface area contributed by atoms with Crippen LogP contribution in [-0.2, 0) is 9.47 Å². The minimum Gasteiger partial charge on any atom is -0.469 e. The SMILES string of the molecule is N#Cc1c(O[C@@H]2CO[C@H]3[C@@H]2OC[C@H]3O)[nH]c2cc(Cl)c(-c3ccc(N4CC[C@@H](O)C4)cc3)nc12. The lowest BCUT2D eigenvalue weighted by atomic mass is 10.1. The van der Waals surface area contributed by atoms with Crippen molar-refractivity contribution in [2.24, 2.45) is 0 Å². The number of hydrogen-bond acceptors (Lipinski definition) is 8. The third kappa shape index (κ3) is 3.59. The first-order valence-electron chi connectivity index (χ1n) is 11.3. The average Bonchev–Trinajstić information content (AvgIpc) is 3.60. The highest BCUT2D eigenvalue weighted by atomic mass is 35.5. The highest BCUT2D eigenvalue weighted by Gasteiger charge is 2.48. The van der Waals surface area contributed by atoms with Crippen LogP contribution in [0.1, 0.15) is 12.0 Å². The minimum atomic E-state index is -0.679. The number of rotatable bonds is 4. The van der Waals surface area contributed by atoms with Crippen molar-refractivity contribution in [2.45, 2.75) is 36.9 Å². The molecule has 3 N–H and O–H groups in total. The van der Waals surface area contributed by atoms with E-state index in [-0.39, 0.29) is 30.8 Å². The van der Waals surface area contributed by atoms with Gasteiger partial charge in [-0.3, -0.25) is 0 Å². The summed E-state index contributed by atoms with van der Waals surface area (Å²) >= 11 is 6.57. The zero-order chi connectivity index (χ0) is 23.4. The number of hydrogen-bond donors (Lipinski definition) is 3. The van der Waals surface area contributed by atoms with Gasteiger partial charge in [0.1, 0.15) is 35.5 Å². The molecule has 1 aromatic carbocycles. The van der Waals surface area contributed by atoms with Gasteiger partial charge in [-0.25, -0.2) is 4.98 Å². The number of anilines is 1. The lowest BCUT2D eigenvalue weighted by Gasteiger charge is -2.18. The van der Waals surface area contributed by atoms with Gasteiger partial charge < -0.3 is 34.3 Å². The van der Waals surface area contributed by atoms with Gasteiger partial charge in [0.15, 0.2) is 6.10 Å². The highest BCUT2D eigenvalue weighted by molar-refractivity contribution is 6.33. The Morgan fingerprint density at radius 3 is 2.71 bits per heavy atom. The largest absolute Gasteiger partial charge is 0.469 e. The molecule has 5 heterocycles. The minimum absolute atomic E-state index is 0.199. The number of nitrogens with one attached hydrogen (secondary N) is 1. The van der Waals surface area contributed by atoms with E-state index in [1.165, 1.54) is 0 Å². The number of pyridine rings is 1. The van der Waals surface area contributed by atoms with Crippen molar-refractivity contribution in [3.8, 4) is 23.2 Å². The molecule has 0 saturated carbocycles. The van der Waals surface area contributed by atoms with E-state index in [1.807, 2.05) is 24.3 Å². The molecule has 3 aliphatic rings. The Balaban J connectivity index is 1.30. The van der Waals surface area contributed by atoms with Gasteiger partial charge in [-0.2, -0.15) is 5.26 Å². The number of fused-ring (bicyclic) bond motifs is 2. The van der Waals surface area contributed by atoms with Crippen molar-refractivity contribution < 1.29 is 24.4 Å². The number of aliphatic hydroxyl groups excluding tert-OH is 2. The Morgan fingerprint density at radius 2 is 1.97 bits per heavy atom. The lowest BCUT2D eigenvalue weighted by Crippen LogP contribution is -2.34. The average molecular weight is 483 g/mol. The molecule has 6 rings (SSSR count). The van der Waals surface area contributed by atoms with Crippen LogP contribution >= 0.6 is 11.6 Å². The summed E-state index contributed by atoms with van der Waals surface area (Å²) in [4.78, 5) is 9.95. The van der Waals surface area contributed by atoms with Crippen LogP contribution in [0.2, 0.25) is 5.02 Å². The van der Waals surface area contributed by atoms with Crippen LogP contribution in [0.3, 0.4) is 0 Å². The summed E-state index contributed by atoms with van der Waals surface area (Å²) in [5.74, 6) is 0.278. The predicted octanol–water partition coefficient (Wildman–Crippen LogP) is 2.23. The highest BCUT2D eigenvalue weighted by Crippen LogP contribution is 2.36. The number of ether oxygens (including phenoxy) is 3. The Kier molecular flexibility index (Phi) is 5.36. The third-order valence-electron chi connectivity index (χ3n) is 6.72. The summed E-state index contributed by atoms with van der Waals surface area (Å²) in [5.41, 5.74) is 3.75. The summed E-state index contributed by atoms with van der Waals surface area (Å²) in [6, 6.07) is 11.8. The maximum absolute atomic E-state index is 9.95. The third-order valence-corrected chi connectivity index (χ3v) is 7.01. The van der Waals surface area contributed by atoms with E-state index in [0.717, 1.165) is 24.2 Å². The van der Waals surface area contributed by atoms with E-state index in [2.05, 4.69) is 16.0 Å². The maximum atomic E-state index is 9.95. The van der Waals surface area contributed by atoms with Crippen LogP contribution in [0, 0.1) is 11.3 Å². The van der Waals surface area contributed by atoms with Crippen molar-refractivity contribution in [2.75, 3.05) is 31.2 Å². The fourth-order valence-corrected chi connectivity index (χ4v) is 5.22. The summed E-state index contributed by atoms with van der Waals surface area (Å²) in [6.07, 6.45) is -1.47. The number of aliphatic hydroxyl groups is 2. The fraction of sp³-hybridized carbons (Fsp3) is 0.417. The van der Waals surface area contributed by atoms with Gasteiger partial charge in [0.05, 0.1) is 35.6 Å². The molecule has 3 saturated heterocycles. The lowest BCUT2D eigenvalue weighted by molar-refractivity contribution is 0.00789. The molecule has 176 valence electrons. The van der Waals surface area contributed by atoms with E-state index in [4.69, 9.17) is 30.8 Å². The molecule has 2 aromatic heterocycles. The summed E-state index contributed by atoms with van der Waals surface area (Å²) in [7, 11) is 0. The smallest absolute Gasteiger partial charge is 0.212 e. The molecule has 0 aliphatic carbocycles. The number of aromatic amines is 1. The molecule has 3 aromatic rings. The molecule has 9 nitrogen and oxygen atoms in total. The van der Waals surface area contributed by atoms with Crippen molar-refractivity contribution in [3.05, 3.63) is 40.9 Å². The fourth-order valence-electron chi connectivity index (χ4n) is 4.96. The number of H-pyrrole nitrogens is 1. The zero-order valence-corrected chi connectivity index (χ0v) is 18.9. The molecular weight excluding hydrogens is 460 g/mol. The van der Waals surface area contributed by atoms with Crippen molar-refractivity contribution in [3.63, 3.8) is 0 Å². The van der Waals surface area contributed by atoms with E-state index in [1.54, 1.807) is 6.07 Å². The molecule has 3 fully saturated rings. The van der Waals surface area contributed by atoms with Gasteiger partial charge in [-0.1, -0.05) is 23.7 Å². The number of nitriles is 1. The van der Waals surface area contributed by atoms with Crippen molar-refractivity contribution in [1.82, 2.24) is 9.97 Å². The molecular formula is C24H23ClN4O5. The van der Waals surface area contributed by atoms with E-state index in [0.29, 0.717) is 28.3 Å². The number of nitrogens with zero attached hydrogens (tertiary/aromatic N) is 3. The zero-order valence-electron chi connectivity index (χ0n) is 18.1. The van der Waals surface area contributed by atoms with E-state index < -0.39 is 24.4 Å². The first kappa shape index (κ1) is 21.6. The Bertz CT molecular complexity index is 1270. The van der Waals surface area contributed by atoms with Gasteiger partial charge in [-0.05, 0) is 24.6 Å². The van der Waals surface area contributed by atoms with E-state index in [9.17, 15) is 15.5 Å². The van der Waals surface area contributed by atoms with E-state index >= 15 is 0 Å². The van der Waals surface area contributed by atoms with Crippen LogP contribution in [0.4, 0.5) is 5.69 Å². The molecule has 0 spiro atoms. The van der Waals surface area contributed by atoms with Crippen molar-refractivity contribution >= 4 is 28.3 Å². The molecule has 0 amide bonds. The van der Waals surface area contributed by atoms with Gasteiger partial charge in [0, 0.05) is 24.3 Å².